The molecule has 0 aliphatic carbocycles. The standard InChI is InChI=1S/C52H30N4S/c1-32-26-38(56-43-21-11-8-18-40(43)41-19-9-12-22-44(41)56)24-25-39(32)49-47(34-14-4-2-5-15-34)48(35-16-6-3-7-17-35)52-50(42-20-10-13-23-45(42)57-52)51(49)46-36(30-54)27-33(29-53)28-37(46)31-55/h2-28H,1H3. The zero-order valence-corrected chi connectivity index (χ0v) is 31.6. The lowest BCUT2D eigenvalue weighted by atomic mass is 9.78. The van der Waals surface area contributed by atoms with Crippen LogP contribution in [0, 0.1) is 40.9 Å². The molecule has 0 bridgehead atoms. The normalized spacial score (nSPS) is 11.2. The first-order valence-corrected chi connectivity index (χ1v) is 19.5. The minimum atomic E-state index is 0.274. The Bertz CT molecular complexity index is 3300. The molecule has 8 aromatic carbocycles. The van der Waals surface area contributed by atoms with Gasteiger partial charge in [-0.3, -0.25) is 0 Å². The van der Waals surface area contributed by atoms with E-state index in [0.29, 0.717) is 5.56 Å². The third-order valence-corrected chi connectivity index (χ3v) is 12.2. The second kappa shape index (κ2) is 13.5. The molecule has 5 heteroatoms. The number of para-hydroxylation sites is 2. The lowest BCUT2D eigenvalue weighted by molar-refractivity contribution is 1.17. The molecule has 4 nitrogen and oxygen atoms in total. The van der Waals surface area contributed by atoms with Gasteiger partial charge in [0.15, 0.2) is 0 Å². The first-order valence-electron chi connectivity index (χ1n) is 18.7. The van der Waals surface area contributed by atoms with Gasteiger partial charge < -0.3 is 4.57 Å². The minimum Gasteiger partial charge on any atom is -0.309 e. The van der Waals surface area contributed by atoms with Crippen molar-refractivity contribution in [2.24, 2.45) is 0 Å². The average molecular weight is 743 g/mol. The van der Waals surface area contributed by atoms with E-state index < -0.39 is 0 Å². The highest BCUT2D eigenvalue weighted by molar-refractivity contribution is 7.26. The van der Waals surface area contributed by atoms with Crippen molar-refractivity contribution in [3.63, 3.8) is 0 Å². The van der Waals surface area contributed by atoms with Gasteiger partial charge in [-0.05, 0) is 82.8 Å². The molecule has 0 amide bonds. The van der Waals surface area contributed by atoms with Crippen LogP contribution >= 0.6 is 11.3 Å². The molecule has 0 saturated heterocycles. The van der Waals surface area contributed by atoms with Crippen LogP contribution in [0.3, 0.4) is 0 Å². The van der Waals surface area contributed by atoms with Crippen molar-refractivity contribution in [2.75, 3.05) is 0 Å². The molecule has 10 aromatic rings. The molecule has 0 atom stereocenters. The molecule has 0 saturated carbocycles. The van der Waals surface area contributed by atoms with E-state index >= 15 is 0 Å². The molecule has 0 aliphatic rings. The summed E-state index contributed by atoms with van der Waals surface area (Å²) in [5.41, 5.74) is 12.6. The lowest BCUT2D eigenvalue weighted by Gasteiger charge is -2.25. The Labute approximate surface area is 333 Å². The molecule has 0 N–H and O–H groups in total. The van der Waals surface area contributed by atoms with Crippen LogP contribution in [0.5, 0.6) is 0 Å². The second-order valence-corrected chi connectivity index (χ2v) is 15.2. The van der Waals surface area contributed by atoms with Crippen LogP contribution in [-0.4, -0.2) is 4.57 Å². The predicted molar refractivity (Wildman–Crippen MR) is 234 cm³/mol. The quantitative estimate of drug-likeness (QED) is 0.176. The smallest absolute Gasteiger partial charge is 0.0999 e. The predicted octanol–water partition coefficient (Wildman–Crippen LogP) is 13.7. The summed E-state index contributed by atoms with van der Waals surface area (Å²) in [6.45, 7) is 2.15. The van der Waals surface area contributed by atoms with E-state index in [-0.39, 0.29) is 16.7 Å². The van der Waals surface area contributed by atoms with Crippen LogP contribution in [0.15, 0.2) is 164 Å². The minimum absolute atomic E-state index is 0.274. The highest BCUT2D eigenvalue weighted by Gasteiger charge is 2.30. The van der Waals surface area contributed by atoms with E-state index in [0.717, 1.165) is 81.4 Å². The Balaban J connectivity index is 1.42. The molecular formula is C52H30N4S. The monoisotopic (exact) mass is 742 g/mol. The van der Waals surface area contributed by atoms with Gasteiger partial charge in [0.2, 0.25) is 0 Å². The summed E-state index contributed by atoms with van der Waals surface area (Å²) in [5.74, 6) is 0. The van der Waals surface area contributed by atoms with Crippen LogP contribution in [0.25, 0.3) is 92.2 Å². The highest BCUT2D eigenvalue weighted by Crippen LogP contribution is 2.56. The largest absolute Gasteiger partial charge is 0.309 e. The van der Waals surface area contributed by atoms with E-state index in [1.165, 1.54) is 10.8 Å². The van der Waals surface area contributed by atoms with Crippen molar-refractivity contribution in [2.45, 2.75) is 6.92 Å². The number of nitrogens with zero attached hydrogens (tertiary/aromatic N) is 4. The van der Waals surface area contributed by atoms with Crippen molar-refractivity contribution >= 4 is 53.3 Å². The van der Waals surface area contributed by atoms with Crippen molar-refractivity contribution in [3.05, 3.63) is 186 Å². The summed E-state index contributed by atoms with van der Waals surface area (Å²) < 4.78 is 4.50. The number of aromatic nitrogens is 1. The summed E-state index contributed by atoms with van der Waals surface area (Å²) >= 11 is 1.72. The first kappa shape index (κ1) is 33.8. The van der Waals surface area contributed by atoms with E-state index in [4.69, 9.17) is 0 Å². The molecule has 57 heavy (non-hydrogen) atoms. The number of fused-ring (bicyclic) bond motifs is 6. The Hall–Kier alpha value is -7.75. The third-order valence-electron chi connectivity index (χ3n) is 11.0. The number of rotatable bonds is 5. The summed E-state index contributed by atoms with van der Waals surface area (Å²) in [6, 6.07) is 63.2. The van der Waals surface area contributed by atoms with E-state index in [1.54, 1.807) is 23.5 Å². The first-order chi connectivity index (χ1) is 28.1. The Morgan fingerprint density at radius 3 is 1.60 bits per heavy atom. The van der Waals surface area contributed by atoms with Gasteiger partial charge in [-0.1, -0.05) is 121 Å². The van der Waals surface area contributed by atoms with Gasteiger partial charge in [0.05, 0.1) is 45.9 Å². The summed E-state index contributed by atoms with van der Waals surface area (Å²) in [5, 5.41) is 36.1. The van der Waals surface area contributed by atoms with Crippen LogP contribution in [0.4, 0.5) is 0 Å². The van der Waals surface area contributed by atoms with Gasteiger partial charge in [0.1, 0.15) is 0 Å². The Kier molecular flexibility index (Phi) is 8.02. The maximum atomic E-state index is 10.8. The molecule has 0 radical (unpaired) electrons. The fraction of sp³-hybridized carbons (Fsp3) is 0.0192. The maximum absolute atomic E-state index is 10.8. The van der Waals surface area contributed by atoms with Gasteiger partial charge in [-0.15, -0.1) is 11.3 Å². The van der Waals surface area contributed by atoms with Crippen molar-refractivity contribution in [3.8, 4) is 68.4 Å². The molecule has 0 spiro atoms. The fourth-order valence-corrected chi connectivity index (χ4v) is 9.95. The fourth-order valence-electron chi connectivity index (χ4n) is 8.67. The van der Waals surface area contributed by atoms with E-state index in [1.807, 2.05) is 18.2 Å². The number of aryl methyl sites for hydroxylation is 1. The summed E-state index contributed by atoms with van der Waals surface area (Å²) in [6.07, 6.45) is 0. The molecular weight excluding hydrogens is 713 g/mol. The van der Waals surface area contributed by atoms with Gasteiger partial charge in [-0.25, -0.2) is 0 Å². The molecule has 0 unspecified atom stereocenters. The van der Waals surface area contributed by atoms with Crippen LogP contribution in [-0.2, 0) is 0 Å². The van der Waals surface area contributed by atoms with Crippen LogP contribution in [0.2, 0.25) is 0 Å². The zero-order valence-electron chi connectivity index (χ0n) is 30.8. The Morgan fingerprint density at radius 2 is 1.02 bits per heavy atom. The highest BCUT2D eigenvalue weighted by atomic mass is 32.1. The van der Waals surface area contributed by atoms with Gasteiger partial charge >= 0.3 is 0 Å². The van der Waals surface area contributed by atoms with E-state index in [9.17, 15) is 15.8 Å². The molecule has 10 rings (SSSR count). The molecule has 264 valence electrons. The molecule has 0 fully saturated rings. The molecule has 2 heterocycles. The third kappa shape index (κ3) is 5.25. The van der Waals surface area contributed by atoms with Crippen molar-refractivity contribution in [1.82, 2.24) is 4.57 Å². The number of benzene rings is 8. The number of hydrogen-bond acceptors (Lipinski definition) is 4. The van der Waals surface area contributed by atoms with Gasteiger partial charge in [-0.2, -0.15) is 15.8 Å². The average Bonchev–Trinajstić information content (AvgIpc) is 3.82. The van der Waals surface area contributed by atoms with Crippen LogP contribution < -0.4 is 0 Å². The maximum Gasteiger partial charge on any atom is 0.0999 e. The van der Waals surface area contributed by atoms with Crippen molar-refractivity contribution in [1.29, 1.82) is 15.8 Å². The van der Waals surface area contributed by atoms with Crippen molar-refractivity contribution < 1.29 is 0 Å². The number of thiophene rings is 1. The number of nitriles is 3. The zero-order chi connectivity index (χ0) is 38.6. The summed E-state index contributed by atoms with van der Waals surface area (Å²) in [4.78, 5) is 0. The molecule has 2 aromatic heterocycles. The van der Waals surface area contributed by atoms with E-state index in [2.05, 4.69) is 163 Å². The number of hydrogen-bond donors (Lipinski definition) is 0. The Morgan fingerprint density at radius 1 is 0.474 bits per heavy atom. The van der Waals surface area contributed by atoms with Gasteiger partial charge in [0.25, 0.3) is 0 Å². The topological polar surface area (TPSA) is 76.3 Å². The van der Waals surface area contributed by atoms with Crippen LogP contribution in [0.1, 0.15) is 22.3 Å². The lowest BCUT2D eigenvalue weighted by Crippen LogP contribution is -2.01. The summed E-state index contributed by atoms with van der Waals surface area (Å²) in [7, 11) is 0. The molecule has 0 aliphatic heterocycles. The SMILES string of the molecule is Cc1cc(-n2c3ccccc3c3ccccc32)ccc1-c1c(-c2ccccc2)c(-c2ccccc2)c2sc3ccccc3c2c1-c1c(C#N)cc(C#N)cc1C#N. The second-order valence-electron chi connectivity index (χ2n) is 14.2. The van der Waals surface area contributed by atoms with Gasteiger partial charge in [0, 0.05) is 53.3 Å².